The van der Waals surface area contributed by atoms with E-state index in [0.717, 1.165) is 31.7 Å². The average Bonchev–Trinajstić information content (AvgIpc) is 3.41. The van der Waals surface area contributed by atoms with E-state index in [1.54, 1.807) is 6.07 Å². The van der Waals surface area contributed by atoms with Crippen molar-refractivity contribution < 1.29 is 18.3 Å². The molecule has 1 aliphatic heterocycles. The maximum atomic E-state index is 12.4. The van der Waals surface area contributed by atoms with Gasteiger partial charge in [-0.3, -0.25) is 4.90 Å². The van der Waals surface area contributed by atoms with E-state index in [4.69, 9.17) is 4.74 Å². The van der Waals surface area contributed by atoms with Gasteiger partial charge in [0, 0.05) is 19.1 Å². The summed E-state index contributed by atoms with van der Waals surface area (Å²) in [6, 6.07) is 5.91. The number of halogens is 3. The van der Waals surface area contributed by atoms with Gasteiger partial charge in [0.2, 0.25) is 0 Å². The maximum absolute atomic E-state index is 12.4. The van der Waals surface area contributed by atoms with Crippen molar-refractivity contribution in [2.45, 2.75) is 44.9 Å². The van der Waals surface area contributed by atoms with Gasteiger partial charge in [-0.2, -0.15) is 8.78 Å². The van der Waals surface area contributed by atoms with Crippen LogP contribution in [0.25, 0.3) is 0 Å². The van der Waals surface area contributed by atoms with Gasteiger partial charge in [-0.05, 0) is 62.4 Å². The van der Waals surface area contributed by atoms with Gasteiger partial charge in [-0.1, -0.05) is 6.07 Å². The molecule has 1 saturated heterocycles. The van der Waals surface area contributed by atoms with Crippen LogP contribution in [-0.4, -0.2) is 44.3 Å². The summed E-state index contributed by atoms with van der Waals surface area (Å²) < 4.78 is 34.6. The number of alkyl halides is 2. The number of ether oxygens (including phenoxy) is 2. The number of hydrogen-bond acceptors (Lipinski definition) is 4. The minimum absolute atomic E-state index is 0. The summed E-state index contributed by atoms with van der Waals surface area (Å²) in [5.41, 5.74) is 1.07. The zero-order chi connectivity index (χ0) is 16.9. The van der Waals surface area contributed by atoms with E-state index in [1.807, 2.05) is 12.1 Å². The molecule has 1 aliphatic carbocycles. The van der Waals surface area contributed by atoms with E-state index in [2.05, 4.69) is 15.0 Å². The van der Waals surface area contributed by atoms with E-state index in [9.17, 15) is 8.78 Å². The number of methoxy groups -OCH3 is 1. The Bertz CT molecular complexity index is 538. The Morgan fingerprint density at radius 1 is 1.24 bits per heavy atom. The van der Waals surface area contributed by atoms with Crippen LogP contribution in [0, 0.1) is 5.92 Å². The molecule has 4 nitrogen and oxygen atoms in total. The molecule has 1 heterocycles. The number of piperidine rings is 1. The first kappa shape index (κ1) is 20.2. The van der Waals surface area contributed by atoms with Crippen molar-refractivity contribution in [2.24, 2.45) is 5.92 Å². The number of rotatable bonds is 8. The summed E-state index contributed by atoms with van der Waals surface area (Å²) in [5.74, 6) is 1.15. The number of hydrogen-bond donors (Lipinski definition) is 1. The van der Waals surface area contributed by atoms with E-state index < -0.39 is 6.61 Å². The third-order valence-electron chi connectivity index (χ3n) is 4.78. The quantitative estimate of drug-likeness (QED) is 0.750. The molecule has 25 heavy (non-hydrogen) atoms. The minimum Gasteiger partial charge on any atom is -0.493 e. The molecule has 2 fully saturated rings. The molecule has 0 amide bonds. The van der Waals surface area contributed by atoms with Crippen molar-refractivity contribution in [3.8, 4) is 11.5 Å². The van der Waals surface area contributed by atoms with Crippen LogP contribution in [-0.2, 0) is 6.54 Å². The largest absolute Gasteiger partial charge is 0.493 e. The Labute approximate surface area is 154 Å². The highest BCUT2D eigenvalue weighted by molar-refractivity contribution is 5.85. The lowest BCUT2D eigenvalue weighted by atomic mass is 9.98. The number of nitrogens with zero attached hydrogens (tertiary/aromatic N) is 1. The number of benzene rings is 1. The van der Waals surface area contributed by atoms with Crippen molar-refractivity contribution >= 4 is 12.4 Å². The van der Waals surface area contributed by atoms with E-state index in [0.29, 0.717) is 17.7 Å². The first-order valence-electron chi connectivity index (χ1n) is 8.72. The van der Waals surface area contributed by atoms with Crippen LogP contribution >= 0.6 is 12.4 Å². The lowest BCUT2D eigenvalue weighted by Crippen LogP contribution is -2.39. The van der Waals surface area contributed by atoms with Gasteiger partial charge >= 0.3 is 6.61 Å². The van der Waals surface area contributed by atoms with Gasteiger partial charge in [-0.15, -0.1) is 12.4 Å². The number of nitrogens with one attached hydrogen (secondary N) is 1. The van der Waals surface area contributed by atoms with E-state index >= 15 is 0 Å². The standard InChI is InChI=1S/C18H26F2N2O2.ClH/c1-23-17-9-13(4-7-16(17)24-18(19)20)11-22(15-5-6-15)12-14-3-2-8-21-10-14;/h4,7,9,14-15,18,21H,2-3,5-6,8,10-12H2,1H3;1H. The average molecular weight is 377 g/mol. The van der Waals surface area contributed by atoms with Gasteiger partial charge in [0.1, 0.15) is 0 Å². The second kappa shape index (κ2) is 9.55. The Hall–Kier alpha value is -1.11. The Morgan fingerprint density at radius 2 is 2.04 bits per heavy atom. The molecule has 3 rings (SSSR count). The summed E-state index contributed by atoms with van der Waals surface area (Å²) in [7, 11) is 1.48. The molecule has 1 saturated carbocycles. The fourth-order valence-corrected chi connectivity index (χ4v) is 3.43. The van der Waals surface area contributed by atoms with Crippen LogP contribution in [0.1, 0.15) is 31.2 Å². The van der Waals surface area contributed by atoms with Crippen LogP contribution in [0.2, 0.25) is 0 Å². The molecular weight excluding hydrogens is 350 g/mol. The zero-order valence-electron chi connectivity index (χ0n) is 14.5. The highest BCUT2D eigenvalue weighted by atomic mass is 35.5. The predicted molar refractivity (Wildman–Crippen MR) is 95.9 cm³/mol. The fourth-order valence-electron chi connectivity index (χ4n) is 3.43. The lowest BCUT2D eigenvalue weighted by Gasteiger charge is -2.30. The predicted octanol–water partition coefficient (Wildman–Crippen LogP) is 3.68. The fraction of sp³-hybridized carbons (Fsp3) is 0.667. The molecule has 142 valence electrons. The minimum atomic E-state index is -2.84. The van der Waals surface area contributed by atoms with Crippen LogP contribution in [0.5, 0.6) is 11.5 Å². The molecule has 1 unspecified atom stereocenters. The molecule has 1 atom stereocenters. The van der Waals surface area contributed by atoms with Crippen molar-refractivity contribution in [2.75, 3.05) is 26.7 Å². The van der Waals surface area contributed by atoms with Crippen LogP contribution in [0.3, 0.4) is 0 Å². The van der Waals surface area contributed by atoms with Crippen molar-refractivity contribution in [3.05, 3.63) is 23.8 Å². The van der Waals surface area contributed by atoms with Gasteiger partial charge in [0.15, 0.2) is 11.5 Å². The topological polar surface area (TPSA) is 33.7 Å². The second-order valence-corrected chi connectivity index (χ2v) is 6.74. The highest BCUT2D eigenvalue weighted by Gasteiger charge is 2.31. The highest BCUT2D eigenvalue weighted by Crippen LogP contribution is 2.33. The summed E-state index contributed by atoms with van der Waals surface area (Å²) in [5, 5.41) is 3.47. The van der Waals surface area contributed by atoms with Crippen LogP contribution in [0.4, 0.5) is 8.78 Å². The Kier molecular flexibility index (Phi) is 7.72. The van der Waals surface area contributed by atoms with Gasteiger partial charge in [0.25, 0.3) is 0 Å². The molecule has 0 radical (unpaired) electrons. The molecular formula is C18H27ClF2N2O2. The molecule has 1 aromatic carbocycles. The van der Waals surface area contributed by atoms with Gasteiger partial charge in [-0.25, -0.2) is 0 Å². The SMILES string of the molecule is COc1cc(CN(CC2CCCNC2)C2CC2)ccc1OC(F)F.Cl. The Balaban J connectivity index is 0.00000225. The first-order valence-corrected chi connectivity index (χ1v) is 8.72. The van der Waals surface area contributed by atoms with Crippen LogP contribution < -0.4 is 14.8 Å². The van der Waals surface area contributed by atoms with Gasteiger partial charge in [0.05, 0.1) is 7.11 Å². The second-order valence-electron chi connectivity index (χ2n) is 6.74. The maximum Gasteiger partial charge on any atom is 0.387 e. The van der Waals surface area contributed by atoms with E-state index in [1.165, 1.54) is 32.8 Å². The molecule has 0 aromatic heterocycles. The monoisotopic (exact) mass is 376 g/mol. The Morgan fingerprint density at radius 3 is 2.64 bits per heavy atom. The summed E-state index contributed by atoms with van der Waals surface area (Å²) in [6.45, 7) is 1.30. The molecule has 0 bridgehead atoms. The molecule has 1 aromatic rings. The summed E-state index contributed by atoms with van der Waals surface area (Å²) >= 11 is 0. The van der Waals surface area contributed by atoms with E-state index in [-0.39, 0.29) is 18.2 Å². The van der Waals surface area contributed by atoms with Gasteiger partial charge < -0.3 is 14.8 Å². The molecule has 2 aliphatic rings. The zero-order valence-corrected chi connectivity index (χ0v) is 15.4. The molecule has 1 N–H and O–H groups in total. The van der Waals surface area contributed by atoms with Crippen molar-refractivity contribution in [1.82, 2.24) is 10.2 Å². The third-order valence-corrected chi connectivity index (χ3v) is 4.78. The van der Waals surface area contributed by atoms with Crippen LogP contribution in [0.15, 0.2) is 18.2 Å². The lowest BCUT2D eigenvalue weighted by molar-refractivity contribution is -0.0512. The first-order chi connectivity index (χ1) is 11.7. The third kappa shape index (κ3) is 5.97. The normalized spacial score (nSPS) is 20.4. The smallest absolute Gasteiger partial charge is 0.387 e. The summed E-state index contributed by atoms with van der Waals surface area (Å²) in [6.07, 6.45) is 5.03. The van der Waals surface area contributed by atoms with Crippen molar-refractivity contribution in [1.29, 1.82) is 0 Å². The molecule has 0 spiro atoms. The van der Waals surface area contributed by atoms with Crippen molar-refractivity contribution in [3.63, 3.8) is 0 Å². The molecule has 7 heteroatoms. The summed E-state index contributed by atoms with van der Waals surface area (Å²) in [4.78, 5) is 2.53.